The van der Waals surface area contributed by atoms with Crippen LogP contribution < -0.4 is 0 Å². The fourth-order valence-corrected chi connectivity index (χ4v) is 2.01. The molecule has 0 radical (unpaired) electrons. The lowest BCUT2D eigenvalue weighted by Gasteiger charge is -2.35. The third-order valence-electron chi connectivity index (χ3n) is 2.35. The quantitative estimate of drug-likeness (QED) is 0.828. The SMILES string of the molecule is CN(C)C(c1cccc(F)c1)C(C)(C)O. The van der Waals surface area contributed by atoms with Crippen molar-refractivity contribution in [3.8, 4) is 0 Å². The highest BCUT2D eigenvalue weighted by atomic mass is 19.1. The molecule has 0 saturated heterocycles. The van der Waals surface area contributed by atoms with Gasteiger partial charge < -0.3 is 5.11 Å². The van der Waals surface area contributed by atoms with E-state index in [0.717, 1.165) is 5.56 Å². The number of hydrogen-bond donors (Lipinski definition) is 1. The predicted molar refractivity (Wildman–Crippen MR) is 59.1 cm³/mol. The minimum absolute atomic E-state index is 0.215. The smallest absolute Gasteiger partial charge is 0.123 e. The summed E-state index contributed by atoms with van der Waals surface area (Å²) in [6, 6.07) is 6.13. The van der Waals surface area contributed by atoms with Gasteiger partial charge in [0.05, 0.1) is 11.6 Å². The zero-order valence-corrected chi connectivity index (χ0v) is 9.66. The van der Waals surface area contributed by atoms with Gasteiger partial charge in [0.25, 0.3) is 0 Å². The Bertz CT molecular complexity index is 331. The Morgan fingerprint density at radius 3 is 2.33 bits per heavy atom. The fourth-order valence-electron chi connectivity index (χ4n) is 2.01. The van der Waals surface area contributed by atoms with Gasteiger partial charge in [-0.15, -0.1) is 0 Å². The molecule has 0 aliphatic heterocycles. The molecule has 1 aromatic rings. The molecule has 0 heterocycles. The van der Waals surface area contributed by atoms with E-state index in [0.29, 0.717) is 0 Å². The number of nitrogens with zero attached hydrogens (tertiary/aromatic N) is 1. The van der Waals surface area contributed by atoms with Crippen molar-refractivity contribution in [2.75, 3.05) is 14.1 Å². The summed E-state index contributed by atoms with van der Waals surface area (Å²) in [6.07, 6.45) is 0. The van der Waals surface area contributed by atoms with Crippen LogP contribution in [0.3, 0.4) is 0 Å². The van der Waals surface area contributed by atoms with Gasteiger partial charge in [0.1, 0.15) is 5.82 Å². The van der Waals surface area contributed by atoms with Crippen LogP contribution in [0.1, 0.15) is 25.5 Å². The van der Waals surface area contributed by atoms with Gasteiger partial charge in [-0.1, -0.05) is 12.1 Å². The van der Waals surface area contributed by atoms with E-state index >= 15 is 0 Å². The largest absolute Gasteiger partial charge is 0.388 e. The lowest BCUT2D eigenvalue weighted by atomic mass is 9.91. The first kappa shape index (κ1) is 12.1. The average Bonchev–Trinajstić information content (AvgIpc) is 1.99. The summed E-state index contributed by atoms with van der Waals surface area (Å²) in [4.78, 5) is 1.88. The van der Waals surface area contributed by atoms with Crippen molar-refractivity contribution in [2.45, 2.75) is 25.5 Å². The highest BCUT2D eigenvalue weighted by Crippen LogP contribution is 2.29. The van der Waals surface area contributed by atoms with Crippen molar-refractivity contribution in [1.29, 1.82) is 0 Å². The Balaban J connectivity index is 3.11. The van der Waals surface area contributed by atoms with Gasteiger partial charge in [0.2, 0.25) is 0 Å². The number of rotatable bonds is 3. The minimum Gasteiger partial charge on any atom is -0.388 e. The fraction of sp³-hybridized carbons (Fsp3) is 0.500. The third-order valence-corrected chi connectivity index (χ3v) is 2.35. The maximum atomic E-state index is 13.1. The molecular formula is C12H18FNO. The van der Waals surface area contributed by atoms with Crippen LogP contribution in [0.2, 0.25) is 0 Å². The monoisotopic (exact) mass is 211 g/mol. The van der Waals surface area contributed by atoms with E-state index in [2.05, 4.69) is 0 Å². The van der Waals surface area contributed by atoms with Crippen molar-refractivity contribution in [3.63, 3.8) is 0 Å². The summed E-state index contributed by atoms with van der Waals surface area (Å²) in [6.45, 7) is 3.45. The molecule has 0 aliphatic carbocycles. The lowest BCUT2D eigenvalue weighted by Crippen LogP contribution is -2.38. The normalized spacial score (nSPS) is 14.3. The molecule has 0 aliphatic rings. The molecule has 0 saturated carbocycles. The molecule has 1 rings (SSSR count). The topological polar surface area (TPSA) is 23.5 Å². The van der Waals surface area contributed by atoms with Crippen LogP contribution in [0.15, 0.2) is 24.3 Å². The van der Waals surface area contributed by atoms with Crippen molar-refractivity contribution >= 4 is 0 Å². The van der Waals surface area contributed by atoms with Gasteiger partial charge in [-0.05, 0) is 45.6 Å². The van der Waals surface area contributed by atoms with Gasteiger partial charge in [0.15, 0.2) is 0 Å². The zero-order valence-electron chi connectivity index (χ0n) is 9.66. The highest BCUT2D eigenvalue weighted by Gasteiger charge is 2.30. The Morgan fingerprint density at radius 1 is 1.33 bits per heavy atom. The molecule has 3 heteroatoms. The minimum atomic E-state index is -0.905. The number of hydrogen-bond acceptors (Lipinski definition) is 2. The summed E-state index contributed by atoms with van der Waals surface area (Å²) < 4.78 is 13.1. The Labute approximate surface area is 90.3 Å². The molecule has 84 valence electrons. The van der Waals surface area contributed by atoms with Crippen LogP contribution >= 0.6 is 0 Å². The van der Waals surface area contributed by atoms with Crippen LogP contribution in [-0.4, -0.2) is 29.7 Å². The number of benzene rings is 1. The zero-order chi connectivity index (χ0) is 11.6. The maximum Gasteiger partial charge on any atom is 0.123 e. The Morgan fingerprint density at radius 2 is 1.93 bits per heavy atom. The van der Waals surface area contributed by atoms with E-state index in [1.165, 1.54) is 12.1 Å². The highest BCUT2D eigenvalue weighted by molar-refractivity contribution is 5.22. The molecule has 2 nitrogen and oxygen atoms in total. The van der Waals surface area contributed by atoms with E-state index < -0.39 is 5.60 Å². The van der Waals surface area contributed by atoms with E-state index in [4.69, 9.17) is 0 Å². The molecule has 0 amide bonds. The Hall–Kier alpha value is -0.930. The standard InChI is InChI=1S/C12H18FNO/c1-12(2,15)11(14(3)4)9-6-5-7-10(13)8-9/h5-8,11,15H,1-4H3. The summed E-state index contributed by atoms with van der Waals surface area (Å²) in [7, 11) is 3.74. The van der Waals surface area contributed by atoms with Crippen LogP contribution in [0, 0.1) is 5.82 Å². The van der Waals surface area contributed by atoms with Gasteiger partial charge >= 0.3 is 0 Å². The van der Waals surface area contributed by atoms with Crippen molar-refractivity contribution in [2.24, 2.45) is 0 Å². The third kappa shape index (κ3) is 3.01. The van der Waals surface area contributed by atoms with Gasteiger partial charge in [-0.25, -0.2) is 4.39 Å². The number of halogens is 1. The van der Waals surface area contributed by atoms with E-state index in [-0.39, 0.29) is 11.9 Å². The molecule has 0 fully saturated rings. The molecule has 0 bridgehead atoms. The number of aliphatic hydroxyl groups is 1. The van der Waals surface area contributed by atoms with E-state index in [1.807, 2.05) is 25.1 Å². The molecule has 1 aromatic carbocycles. The first-order valence-electron chi connectivity index (χ1n) is 4.96. The first-order chi connectivity index (χ1) is 6.82. The average molecular weight is 211 g/mol. The summed E-state index contributed by atoms with van der Waals surface area (Å²) >= 11 is 0. The molecule has 0 spiro atoms. The van der Waals surface area contributed by atoms with Crippen LogP contribution in [0.25, 0.3) is 0 Å². The van der Waals surface area contributed by atoms with Crippen molar-refractivity contribution in [3.05, 3.63) is 35.6 Å². The second kappa shape index (κ2) is 4.29. The molecule has 1 atom stereocenters. The Kier molecular flexibility index (Phi) is 3.47. The van der Waals surface area contributed by atoms with Crippen molar-refractivity contribution < 1.29 is 9.50 Å². The molecule has 1 N–H and O–H groups in total. The van der Waals surface area contributed by atoms with E-state index in [1.54, 1.807) is 19.9 Å². The second-order valence-electron chi connectivity index (χ2n) is 4.57. The van der Waals surface area contributed by atoms with Crippen LogP contribution in [-0.2, 0) is 0 Å². The molecule has 15 heavy (non-hydrogen) atoms. The first-order valence-corrected chi connectivity index (χ1v) is 4.96. The summed E-state index contributed by atoms with van der Waals surface area (Å²) in [5, 5.41) is 10.0. The van der Waals surface area contributed by atoms with Crippen LogP contribution in [0.5, 0.6) is 0 Å². The van der Waals surface area contributed by atoms with Gasteiger partial charge in [0, 0.05) is 0 Å². The predicted octanol–water partition coefficient (Wildman–Crippen LogP) is 2.20. The maximum absolute atomic E-state index is 13.1. The number of likely N-dealkylation sites (N-methyl/N-ethyl adjacent to an activating group) is 1. The lowest BCUT2D eigenvalue weighted by molar-refractivity contribution is -0.00324. The molecule has 1 unspecified atom stereocenters. The van der Waals surface area contributed by atoms with Crippen LogP contribution in [0.4, 0.5) is 4.39 Å². The molecular weight excluding hydrogens is 193 g/mol. The molecule has 0 aromatic heterocycles. The second-order valence-corrected chi connectivity index (χ2v) is 4.57. The van der Waals surface area contributed by atoms with Gasteiger partial charge in [-0.3, -0.25) is 4.90 Å². The van der Waals surface area contributed by atoms with Crippen molar-refractivity contribution in [1.82, 2.24) is 4.90 Å². The van der Waals surface area contributed by atoms with Gasteiger partial charge in [-0.2, -0.15) is 0 Å². The van der Waals surface area contributed by atoms with E-state index in [9.17, 15) is 9.50 Å². The summed E-state index contributed by atoms with van der Waals surface area (Å²) in [5.41, 5.74) is -0.121. The summed E-state index contributed by atoms with van der Waals surface area (Å²) in [5.74, 6) is -0.274.